The predicted molar refractivity (Wildman–Crippen MR) is 90.5 cm³/mol. The van der Waals surface area contributed by atoms with E-state index in [1.165, 1.54) is 0 Å². The molecule has 0 aliphatic heterocycles. The molecule has 1 aliphatic rings. The lowest BCUT2D eigenvalue weighted by atomic mass is 10.1. The van der Waals surface area contributed by atoms with Gasteiger partial charge in [0.15, 0.2) is 0 Å². The van der Waals surface area contributed by atoms with Gasteiger partial charge in [-0.15, -0.1) is 0 Å². The third-order valence-electron chi connectivity index (χ3n) is 3.22. The number of anilines is 1. The minimum atomic E-state index is -0.159. The van der Waals surface area contributed by atoms with Crippen molar-refractivity contribution in [3.05, 3.63) is 56.1 Å². The van der Waals surface area contributed by atoms with E-state index in [0.29, 0.717) is 5.57 Å². The maximum Gasteiger partial charge on any atom is 0.139 e. The Morgan fingerprint density at radius 2 is 1.45 bits per heavy atom. The third-order valence-corrected chi connectivity index (χ3v) is 4.45. The first-order chi connectivity index (χ1) is 10.4. The van der Waals surface area contributed by atoms with Gasteiger partial charge in [-0.25, -0.2) is 0 Å². The molecule has 0 spiro atoms. The number of benzene rings is 1. The highest BCUT2D eigenvalue weighted by molar-refractivity contribution is 6.52. The molecule has 2 rings (SSSR count). The van der Waals surface area contributed by atoms with Gasteiger partial charge in [0.2, 0.25) is 0 Å². The number of hydrogen-bond acceptors (Lipinski definition) is 3. The van der Waals surface area contributed by atoms with Crippen molar-refractivity contribution in [3.8, 4) is 12.1 Å². The van der Waals surface area contributed by atoms with Gasteiger partial charge < -0.3 is 4.90 Å². The van der Waals surface area contributed by atoms with Crippen LogP contribution in [-0.4, -0.2) is 14.1 Å². The van der Waals surface area contributed by atoms with Gasteiger partial charge in [-0.1, -0.05) is 46.9 Å². The van der Waals surface area contributed by atoms with E-state index in [1.54, 1.807) is 12.1 Å². The van der Waals surface area contributed by atoms with E-state index in [4.69, 9.17) is 45.3 Å². The van der Waals surface area contributed by atoms with Gasteiger partial charge in [0, 0.05) is 30.9 Å². The molecule has 3 nitrogen and oxygen atoms in total. The minimum Gasteiger partial charge on any atom is -0.378 e. The monoisotopic (exact) mass is 349 g/mol. The highest BCUT2D eigenvalue weighted by Crippen LogP contribution is 2.48. The minimum absolute atomic E-state index is 0.122. The topological polar surface area (TPSA) is 50.8 Å². The molecule has 0 N–H and O–H groups in total. The lowest BCUT2D eigenvalue weighted by Gasteiger charge is -2.13. The Morgan fingerprint density at radius 3 is 1.91 bits per heavy atom. The molecule has 6 heteroatoms. The molecular weight excluding hydrogens is 341 g/mol. The standard InChI is InChI=1S/C16H10Cl3N3/c1-22(2)11-5-3-9(4-6-11)12-14(17)13(10(7-20)8-21)16(19)15(12)18/h3-6H,1-2H3. The number of halogens is 3. The summed E-state index contributed by atoms with van der Waals surface area (Å²) in [5, 5.41) is 18.6. The normalized spacial score (nSPS) is 14.0. The van der Waals surface area contributed by atoms with Crippen molar-refractivity contribution in [2.24, 2.45) is 0 Å². The summed E-state index contributed by atoms with van der Waals surface area (Å²) in [4.78, 5) is 1.97. The van der Waals surface area contributed by atoms with Crippen molar-refractivity contribution in [2.45, 2.75) is 0 Å². The molecule has 0 heterocycles. The first-order valence-corrected chi connectivity index (χ1v) is 7.34. The number of nitrogens with zero attached hydrogens (tertiary/aromatic N) is 3. The SMILES string of the molecule is CN(C)c1ccc(C2=C(Cl)C(=C(C#N)C#N)C(Cl)=C2Cl)cc1. The summed E-state index contributed by atoms with van der Waals surface area (Å²) in [6, 6.07) is 11.1. The molecule has 0 saturated heterocycles. The Labute approximate surface area is 143 Å². The van der Waals surface area contributed by atoms with Crippen LogP contribution in [0.4, 0.5) is 5.69 Å². The van der Waals surface area contributed by atoms with Crippen LogP contribution in [0, 0.1) is 22.7 Å². The van der Waals surface area contributed by atoms with Gasteiger partial charge in [0.1, 0.15) is 17.7 Å². The molecule has 0 saturated carbocycles. The molecule has 0 fully saturated rings. The predicted octanol–water partition coefficient (Wildman–Crippen LogP) is 4.75. The molecule has 1 aliphatic carbocycles. The molecule has 0 bridgehead atoms. The fourth-order valence-electron chi connectivity index (χ4n) is 2.07. The van der Waals surface area contributed by atoms with Gasteiger partial charge >= 0.3 is 0 Å². The molecule has 110 valence electrons. The maximum atomic E-state index is 9.02. The van der Waals surface area contributed by atoms with Crippen molar-refractivity contribution in [1.29, 1.82) is 10.5 Å². The summed E-state index contributed by atoms with van der Waals surface area (Å²) >= 11 is 18.7. The van der Waals surface area contributed by atoms with Crippen LogP contribution in [0.2, 0.25) is 0 Å². The maximum absolute atomic E-state index is 9.02. The largest absolute Gasteiger partial charge is 0.378 e. The van der Waals surface area contributed by atoms with E-state index in [2.05, 4.69) is 0 Å². The van der Waals surface area contributed by atoms with E-state index < -0.39 is 0 Å². The Balaban J connectivity index is 2.63. The summed E-state index contributed by atoms with van der Waals surface area (Å²) in [6.07, 6.45) is 0. The second-order valence-corrected chi connectivity index (χ2v) is 5.87. The molecule has 0 atom stereocenters. The first kappa shape index (κ1) is 16.5. The summed E-state index contributed by atoms with van der Waals surface area (Å²) < 4.78 is 0. The van der Waals surface area contributed by atoms with Crippen LogP contribution in [0.25, 0.3) is 5.57 Å². The fourth-order valence-corrected chi connectivity index (χ4v) is 3.14. The Hall–Kier alpha value is -1.91. The van der Waals surface area contributed by atoms with Crippen LogP contribution in [-0.2, 0) is 0 Å². The first-order valence-electron chi connectivity index (χ1n) is 6.20. The van der Waals surface area contributed by atoms with Crippen LogP contribution in [0.1, 0.15) is 5.56 Å². The second kappa shape index (κ2) is 6.46. The summed E-state index contributed by atoms with van der Waals surface area (Å²) in [7, 11) is 3.88. The van der Waals surface area contributed by atoms with Gasteiger partial charge in [0.05, 0.1) is 15.1 Å². The van der Waals surface area contributed by atoms with Crippen LogP contribution in [0.3, 0.4) is 0 Å². The summed E-state index contributed by atoms with van der Waals surface area (Å²) in [6.45, 7) is 0. The van der Waals surface area contributed by atoms with E-state index in [1.807, 2.05) is 43.3 Å². The van der Waals surface area contributed by atoms with Crippen molar-refractivity contribution in [3.63, 3.8) is 0 Å². The molecule has 0 radical (unpaired) electrons. The van der Waals surface area contributed by atoms with Crippen LogP contribution in [0.5, 0.6) is 0 Å². The number of allylic oxidation sites excluding steroid dienone is 6. The molecule has 1 aromatic rings. The lowest BCUT2D eigenvalue weighted by Crippen LogP contribution is -2.08. The fraction of sp³-hybridized carbons (Fsp3) is 0.125. The molecular formula is C16H10Cl3N3. The molecule has 1 aromatic carbocycles. The summed E-state index contributed by atoms with van der Waals surface area (Å²) in [5.41, 5.74) is 2.34. The lowest BCUT2D eigenvalue weighted by molar-refractivity contribution is 1.13. The zero-order chi connectivity index (χ0) is 16.4. The quantitative estimate of drug-likeness (QED) is 0.723. The van der Waals surface area contributed by atoms with E-state index in [-0.39, 0.29) is 26.2 Å². The van der Waals surface area contributed by atoms with Crippen molar-refractivity contribution in [2.75, 3.05) is 19.0 Å². The van der Waals surface area contributed by atoms with Crippen molar-refractivity contribution in [1.82, 2.24) is 0 Å². The molecule has 0 amide bonds. The number of hydrogen-bond donors (Lipinski definition) is 0. The van der Waals surface area contributed by atoms with Crippen LogP contribution >= 0.6 is 34.8 Å². The van der Waals surface area contributed by atoms with Crippen LogP contribution in [0.15, 0.2) is 50.5 Å². The van der Waals surface area contributed by atoms with Gasteiger partial charge in [-0.3, -0.25) is 0 Å². The Bertz CT molecular complexity index is 785. The highest BCUT2D eigenvalue weighted by Gasteiger charge is 2.30. The van der Waals surface area contributed by atoms with E-state index in [0.717, 1.165) is 11.3 Å². The number of nitriles is 2. The third kappa shape index (κ3) is 2.72. The number of rotatable bonds is 2. The van der Waals surface area contributed by atoms with E-state index in [9.17, 15) is 0 Å². The highest BCUT2D eigenvalue weighted by atomic mass is 35.5. The Morgan fingerprint density at radius 1 is 0.909 bits per heavy atom. The van der Waals surface area contributed by atoms with Gasteiger partial charge in [-0.2, -0.15) is 10.5 Å². The van der Waals surface area contributed by atoms with Crippen LogP contribution < -0.4 is 4.90 Å². The van der Waals surface area contributed by atoms with E-state index >= 15 is 0 Å². The smallest absolute Gasteiger partial charge is 0.139 e. The average Bonchev–Trinajstić information content (AvgIpc) is 2.72. The molecule has 0 aromatic heterocycles. The summed E-state index contributed by atoms with van der Waals surface area (Å²) in [5.74, 6) is 0. The Kier molecular flexibility index (Phi) is 4.84. The molecule has 22 heavy (non-hydrogen) atoms. The molecule has 0 unspecified atom stereocenters. The average molecular weight is 351 g/mol. The zero-order valence-corrected chi connectivity index (χ0v) is 14.1. The van der Waals surface area contributed by atoms with Crippen molar-refractivity contribution < 1.29 is 0 Å². The zero-order valence-electron chi connectivity index (χ0n) is 11.8. The van der Waals surface area contributed by atoms with Gasteiger partial charge in [-0.05, 0) is 17.7 Å². The van der Waals surface area contributed by atoms with Crippen molar-refractivity contribution >= 4 is 46.1 Å². The van der Waals surface area contributed by atoms with Gasteiger partial charge in [0.25, 0.3) is 0 Å². The second-order valence-electron chi connectivity index (χ2n) is 4.73.